The summed E-state index contributed by atoms with van der Waals surface area (Å²) in [6, 6.07) is 12.5. The maximum atomic E-state index is 12.1. The van der Waals surface area contributed by atoms with Gasteiger partial charge in [-0.15, -0.1) is 0 Å². The lowest BCUT2D eigenvalue weighted by Crippen LogP contribution is -2.06. The molecule has 0 amide bonds. The highest BCUT2D eigenvalue weighted by Gasteiger charge is 2.13. The van der Waals surface area contributed by atoms with Crippen LogP contribution in [0.2, 0.25) is 5.15 Å². The monoisotopic (exact) mass is 231 g/mol. The highest BCUT2D eigenvalue weighted by atomic mass is 35.5. The third kappa shape index (κ3) is 2.12. The van der Waals surface area contributed by atoms with Gasteiger partial charge in [-0.1, -0.05) is 48.0 Å². The molecule has 0 saturated carbocycles. The van der Waals surface area contributed by atoms with Gasteiger partial charge in [0.15, 0.2) is 0 Å². The number of carbonyl (C=O) groups excluding carboxylic acids is 1. The number of pyridine rings is 1. The first-order chi connectivity index (χ1) is 7.68. The summed E-state index contributed by atoms with van der Waals surface area (Å²) in [6.45, 7) is 1.85. The molecule has 0 aliphatic carbocycles. The van der Waals surface area contributed by atoms with E-state index in [4.69, 9.17) is 11.6 Å². The minimum absolute atomic E-state index is 0.0967. The molecule has 1 aromatic heterocycles. The lowest BCUT2D eigenvalue weighted by atomic mass is 10.0. The van der Waals surface area contributed by atoms with Crippen LogP contribution in [0.4, 0.5) is 0 Å². The highest BCUT2D eigenvalue weighted by molar-refractivity contribution is 6.29. The number of nitrogens with zero attached hydrogens (tertiary/aromatic N) is 1. The Morgan fingerprint density at radius 1 is 1.12 bits per heavy atom. The second kappa shape index (κ2) is 4.45. The van der Waals surface area contributed by atoms with E-state index >= 15 is 0 Å². The Hall–Kier alpha value is -1.67. The van der Waals surface area contributed by atoms with Crippen LogP contribution in [0.15, 0.2) is 42.5 Å². The van der Waals surface area contributed by atoms with Crippen LogP contribution in [-0.2, 0) is 0 Å². The molecule has 1 aromatic carbocycles. The molecule has 0 spiro atoms. The summed E-state index contributed by atoms with van der Waals surface area (Å²) >= 11 is 5.79. The van der Waals surface area contributed by atoms with Crippen LogP contribution >= 0.6 is 11.6 Å². The fourth-order valence-electron chi connectivity index (χ4n) is 1.46. The second-order valence-electron chi connectivity index (χ2n) is 3.49. The van der Waals surface area contributed by atoms with Crippen LogP contribution in [-0.4, -0.2) is 10.8 Å². The molecule has 2 rings (SSSR count). The molecule has 2 nitrogen and oxygen atoms in total. The molecule has 2 aromatic rings. The van der Waals surface area contributed by atoms with Crippen LogP contribution < -0.4 is 0 Å². The zero-order chi connectivity index (χ0) is 11.5. The van der Waals surface area contributed by atoms with Crippen molar-refractivity contribution in [3.63, 3.8) is 0 Å². The first kappa shape index (κ1) is 10.8. The maximum absolute atomic E-state index is 12.1. The van der Waals surface area contributed by atoms with E-state index in [1.165, 1.54) is 0 Å². The number of carbonyl (C=O) groups is 1. The molecule has 0 unspecified atom stereocenters. The average Bonchev–Trinajstić information content (AvgIpc) is 2.32. The first-order valence-electron chi connectivity index (χ1n) is 4.91. The van der Waals surface area contributed by atoms with E-state index in [1.54, 1.807) is 24.3 Å². The Labute approximate surface area is 98.9 Å². The fraction of sp³-hybridized carbons (Fsp3) is 0.0769. The summed E-state index contributed by atoms with van der Waals surface area (Å²) in [7, 11) is 0. The van der Waals surface area contributed by atoms with E-state index in [-0.39, 0.29) is 5.78 Å². The van der Waals surface area contributed by atoms with Crippen molar-refractivity contribution in [1.82, 2.24) is 4.98 Å². The molecular weight excluding hydrogens is 222 g/mol. The third-order valence-corrected chi connectivity index (χ3v) is 2.52. The highest BCUT2D eigenvalue weighted by Crippen LogP contribution is 2.14. The van der Waals surface area contributed by atoms with Gasteiger partial charge in [0.05, 0.1) is 0 Å². The second-order valence-corrected chi connectivity index (χ2v) is 3.88. The normalized spacial score (nSPS) is 10.1. The lowest BCUT2D eigenvalue weighted by Gasteiger charge is -2.04. The molecule has 0 aliphatic rings. The third-order valence-electron chi connectivity index (χ3n) is 2.31. The molecule has 0 aliphatic heterocycles. The molecule has 0 radical (unpaired) electrons. The van der Waals surface area contributed by atoms with Crippen LogP contribution in [0.5, 0.6) is 0 Å². The van der Waals surface area contributed by atoms with Gasteiger partial charge in [0.25, 0.3) is 0 Å². The smallest absolute Gasteiger partial charge is 0.211 e. The largest absolute Gasteiger partial charge is 0.287 e. The molecule has 0 saturated heterocycles. The number of aromatic nitrogens is 1. The van der Waals surface area contributed by atoms with Gasteiger partial charge >= 0.3 is 0 Å². The minimum atomic E-state index is -0.0967. The number of benzene rings is 1. The average molecular weight is 232 g/mol. The summed E-state index contributed by atoms with van der Waals surface area (Å²) in [5.41, 5.74) is 1.87. The van der Waals surface area contributed by atoms with Gasteiger partial charge in [0.1, 0.15) is 10.8 Å². The predicted octanol–water partition coefficient (Wildman–Crippen LogP) is 3.27. The zero-order valence-electron chi connectivity index (χ0n) is 8.77. The fourth-order valence-corrected chi connectivity index (χ4v) is 1.61. The number of hydrogen-bond acceptors (Lipinski definition) is 2. The number of halogens is 1. The predicted molar refractivity (Wildman–Crippen MR) is 63.9 cm³/mol. The van der Waals surface area contributed by atoms with Crippen molar-refractivity contribution >= 4 is 17.4 Å². The molecule has 0 N–H and O–H groups in total. The van der Waals surface area contributed by atoms with Gasteiger partial charge in [0.2, 0.25) is 5.78 Å². The summed E-state index contributed by atoms with van der Waals surface area (Å²) < 4.78 is 0. The van der Waals surface area contributed by atoms with Crippen molar-refractivity contribution in [2.24, 2.45) is 0 Å². The van der Waals surface area contributed by atoms with E-state index in [9.17, 15) is 4.79 Å². The summed E-state index contributed by atoms with van der Waals surface area (Å²) in [4.78, 5) is 16.2. The van der Waals surface area contributed by atoms with Crippen LogP contribution in [0, 0.1) is 6.92 Å². The first-order valence-corrected chi connectivity index (χ1v) is 5.29. The molecular formula is C13H10ClNO. The molecule has 1 heterocycles. The number of rotatable bonds is 2. The SMILES string of the molecule is Cc1ccc(Cl)nc1C(=O)c1ccccc1. The Morgan fingerprint density at radius 2 is 1.81 bits per heavy atom. The van der Waals surface area contributed by atoms with Crippen LogP contribution in [0.1, 0.15) is 21.6 Å². The van der Waals surface area contributed by atoms with E-state index in [0.717, 1.165) is 5.56 Å². The van der Waals surface area contributed by atoms with Gasteiger partial charge in [0, 0.05) is 5.56 Å². The van der Waals surface area contributed by atoms with E-state index in [1.807, 2.05) is 25.1 Å². The Bertz CT molecular complexity index is 523. The van der Waals surface area contributed by atoms with Crippen LogP contribution in [0.3, 0.4) is 0 Å². The maximum Gasteiger partial charge on any atom is 0.211 e. The quantitative estimate of drug-likeness (QED) is 0.587. The topological polar surface area (TPSA) is 30.0 Å². The van der Waals surface area contributed by atoms with Crippen molar-refractivity contribution in [2.75, 3.05) is 0 Å². The molecule has 0 atom stereocenters. The van der Waals surface area contributed by atoms with Crippen molar-refractivity contribution < 1.29 is 4.79 Å². The van der Waals surface area contributed by atoms with Gasteiger partial charge in [-0.05, 0) is 18.6 Å². The van der Waals surface area contributed by atoms with Crippen molar-refractivity contribution in [2.45, 2.75) is 6.92 Å². The van der Waals surface area contributed by atoms with Crippen molar-refractivity contribution in [3.8, 4) is 0 Å². The zero-order valence-corrected chi connectivity index (χ0v) is 9.53. The van der Waals surface area contributed by atoms with E-state index in [2.05, 4.69) is 4.98 Å². The van der Waals surface area contributed by atoms with Gasteiger partial charge in [-0.2, -0.15) is 0 Å². The minimum Gasteiger partial charge on any atom is -0.287 e. The molecule has 0 fully saturated rings. The molecule has 80 valence electrons. The molecule has 0 bridgehead atoms. The molecule has 3 heteroatoms. The Balaban J connectivity index is 2.46. The van der Waals surface area contributed by atoms with Crippen molar-refractivity contribution in [1.29, 1.82) is 0 Å². The van der Waals surface area contributed by atoms with Crippen molar-refractivity contribution in [3.05, 3.63) is 64.4 Å². The summed E-state index contributed by atoms with van der Waals surface area (Å²) in [5.74, 6) is -0.0967. The Morgan fingerprint density at radius 3 is 2.50 bits per heavy atom. The Kier molecular flexibility index (Phi) is 3.02. The van der Waals surface area contributed by atoms with E-state index in [0.29, 0.717) is 16.4 Å². The number of hydrogen-bond donors (Lipinski definition) is 0. The van der Waals surface area contributed by atoms with Gasteiger partial charge in [-0.25, -0.2) is 4.98 Å². The molecule has 16 heavy (non-hydrogen) atoms. The standard InChI is InChI=1S/C13H10ClNO/c1-9-7-8-11(14)15-12(9)13(16)10-5-3-2-4-6-10/h2-8H,1H3. The van der Waals surface area contributed by atoms with Gasteiger partial charge < -0.3 is 0 Å². The number of ketones is 1. The summed E-state index contributed by atoms with van der Waals surface area (Å²) in [5, 5.41) is 0.338. The van der Waals surface area contributed by atoms with Gasteiger partial charge in [-0.3, -0.25) is 4.79 Å². The van der Waals surface area contributed by atoms with E-state index < -0.39 is 0 Å². The lowest BCUT2D eigenvalue weighted by molar-refractivity contribution is 0.103. The van der Waals surface area contributed by atoms with Crippen LogP contribution in [0.25, 0.3) is 0 Å². The number of aryl methyl sites for hydroxylation is 1. The summed E-state index contributed by atoms with van der Waals surface area (Å²) in [6.07, 6.45) is 0.